The van der Waals surface area contributed by atoms with Crippen molar-refractivity contribution in [2.45, 2.75) is 12.8 Å². The molecule has 0 saturated carbocycles. The number of benzene rings is 2. The second kappa shape index (κ2) is 5.66. The van der Waals surface area contributed by atoms with Gasteiger partial charge >= 0.3 is 6.18 Å². The number of nitriles is 1. The summed E-state index contributed by atoms with van der Waals surface area (Å²) in [5.74, 6) is -0.220. The van der Waals surface area contributed by atoms with Gasteiger partial charge in [0.25, 0.3) is 0 Å². The van der Waals surface area contributed by atoms with E-state index in [1.54, 1.807) is 24.3 Å². The highest BCUT2D eigenvalue weighted by Gasteiger charge is 2.33. The van der Waals surface area contributed by atoms with Gasteiger partial charge in [0, 0.05) is 0 Å². The van der Waals surface area contributed by atoms with Crippen LogP contribution in [0.4, 0.5) is 13.2 Å². The zero-order valence-electron chi connectivity index (χ0n) is 10.3. The van der Waals surface area contributed by atoms with Crippen molar-refractivity contribution in [2.24, 2.45) is 0 Å². The molecule has 0 fully saturated rings. The Labute approximate surface area is 114 Å². The van der Waals surface area contributed by atoms with Gasteiger partial charge in [0.05, 0.1) is 17.2 Å². The molecule has 0 heterocycles. The number of ether oxygens (including phenoxy) is 1. The number of alkyl halides is 3. The standard InChI is InChI=1S/C15H10F3NO/c16-15(17,18)13-6-1-2-7-14(13)20-10-12-5-3-4-11(8-12)9-19/h1-8H,10H2. The smallest absolute Gasteiger partial charge is 0.419 e. The minimum absolute atomic E-state index is 0.0252. The fourth-order valence-electron chi connectivity index (χ4n) is 1.72. The Morgan fingerprint density at radius 3 is 2.50 bits per heavy atom. The van der Waals surface area contributed by atoms with Crippen molar-refractivity contribution in [3.63, 3.8) is 0 Å². The van der Waals surface area contributed by atoms with Crippen LogP contribution >= 0.6 is 0 Å². The average molecular weight is 277 g/mol. The molecule has 2 rings (SSSR count). The molecule has 0 spiro atoms. The molecule has 20 heavy (non-hydrogen) atoms. The maximum atomic E-state index is 12.8. The Bertz CT molecular complexity index is 644. The van der Waals surface area contributed by atoms with E-state index in [2.05, 4.69) is 0 Å². The highest BCUT2D eigenvalue weighted by atomic mass is 19.4. The first-order valence-electron chi connectivity index (χ1n) is 5.79. The van der Waals surface area contributed by atoms with Gasteiger partial charge in [-0.3, -0.25) is 0 Å². The topological polar surface area (TPSA) is 33.0 Å². The zero-order valence-corrected chi connectivity index (χ0v) is 10.3. The van der Waals surface area contributed by atoms with Crippen LogP contribution in [0.3, 0.4) is 0 Å². The van der Waals surface area contributed by atoms with Crippen molar-refractivity contribution in [1.29, 1.82) is 5.26 Å². The summed E-state index contributed by atoms with van der Waals surface area (Å²) in [6, 6.07) is 13.6. The number of hydrogen-bond acceptors (Lipinski definition) is 2. The maximum Gasteiger partial charge on any atom is 0.419 e. The van der Waals surface area contributed by atoms with E-state index >= 15 is 0 Å². The van der Waals surface area contributed by atoms with Crippen LogP contribution in [0.25, 0.3) is 0 Å². The molecule has 0 bridgehead atoms. The summed E-state index contributed by atoms with van der Waals surface area (Å²) < 4.78 is 43.5. The van der Waals surface area contributed by atoms with Crippen molar-refractivity contribution < 1.29 is 17.9 Å². The highest BCUT2D eigenvalue weighted by Crippen LogP contribution is 2.36. The van der Waals surface area contributed by atoms with Crippen LogP contribution in [0.2, 0.25) is 0 Å². The third-order valence-corrected chi connectivity index (χ3v) is 2.64. The molecule has 0 radical (unpaired) electrons. The third kappa shape index (κ3) is 3.29. The zero-order chi connectivity index (χ0) is 14.6. The molecule has 2 nitrogen and oxygen atoms in total. The molecule has 2 aromatic rings. The molecule has 0 saturated heterocycles. The van der Waals surface area contributed by atoms with Gasteiger partial charge in [0.1, 0.15) is 12.4 Å². The molecule has 2 aromatic carbocycles. The lowest BCUT2D eigenvalue weighted by atomic mass is 10.1. The van der Waals surface area contributed by atoms with E-state index in [0.29, 0.717) is 11.1 Å². The summed E-state index contributed by atoms with van der Waals surface area (Å²) in [5.41, 5.74) is 0.271. The second-order valence-electron chi connectivity index (χ2n) is 4.09. The van der Waals surface area contributed by atoms with Crippen LogP contribution in [-0.2, 0) is 12.8 Å². The fraction of sp³-hybridized carbons (Fsp3) is 0.133. The van der Waals surface area contributed by atoms with Crippen LogP contribution in [-0.4, -0.2) is 0 Å². The molecular formula is C15H10F3NO. The van der Waals surface area contributed by atoms with E-state index in [-0.39, 0.29) is 12.4 Å². The number of halogens is 3. The summed E-state index contributed by atoms with van der Waals surface area (Å²) >= 11 is 0. The second-order valence-corrected chi connectivity index (χ2v) is 4.09. The summed E-state index contributed by atoms with van der Waals surface area (Å²) in [6.45, 7) is -0.0252. The molecular weight excluding hydrogens is 267 g/mol. The Morgan fingerprint density at radius 2 is 1.80 bits per heavy atom. The summed E-state index contributed by atoms with van der Waals surface area (Å²) in [4.78, 5) is 0. The number of para-hydroxylation sites is 1. The lowest BCUT2D eigenvalue weighted by Crippen LogP contribution is -2.08. The first kappa shape index (κ1) is 13.9. The van der Waals surface area contributed by atoms with Crippen LogP contribution in [0.1, 0.15) is 16.7 Å². The molecule has 0 aliphatic rings. The molecule has 102 valence electrons. The average Bonchev–Trinajstić information content (AvgIpc) is 2.44. The predicted octanol–water partition coefficient (Wildman–Crippen LogP) is 4.16. The van der Waals surface area contributed by atoms with E-state index in [9.17, 15) is 13.2 Å². The minimum Gasteiger partial charge on any atom is -0.488 e. The Morgan fingerprint density at radius 1 is 1.05 bits per heavy atom. The van der Waals surface area contributed by atoms with Gasteiger partial charge in [-0.15, -0.1) is 0 Å². The van der Waals surface area contributed by atoms with Crippen LogP contribution in [0, 0.1) is 11.3 Å². The Balaban J connectivity index is 2.17. The number of rotatable bonds is 3. The molecule has 0 N–H and O–H groups in total. The van der Waals surface area contributed by atoms with Gasteiger partial charge in [-0.2, -0.15) is 18.4 Å². The van der Waals surface area contributed by atoms with Crippen molar-refractivity contribution in [2.75, 3.05) is 0 Å². The summed E-state index contributed by atoms with van der Waals surface area (Å²) in [5, 5.41) is 8.76. The normalized spacial score (nSPS) is 10.9. The maximum absolute atomic E-state index is 12.8. The molecule has 0 atom stereocenters. The summed E-state index contributed by atoms with van der Waals surface area (Å²) in [6.07, 6.45) is -4.45. The van der Waals surface area contributed by atoms with Gasteiger partial charge in [-0.25, -0.2) is 0 Å². The van der Waals surface area contributed by atoms with Crippen molar-refractivity contribution >= 4 is 0 Å². The van der Waals surface area contributed by atoms with Crippen molar-refractivity contribution in [1.82, 2.24) is 0 Å². The monoisotopic (exact) mass is 277 g/mol. The molecule has 0 unspecified atom stereocenters. The SMILES string of the molecule is N#Cc1cccc(COc2ccccc2C(F)(F)F)c1. The molecule has 0 amide bonds. The molecule has 0 aromatic heterocycles. The van der Waals surface area contributed by atoms with Crippen LogP contribution in [0.5, 0.6) is 5.75 Å². The highest BCUT2D eigenvalue weighted by molar-refractivity contribution is 5.36. The van der Waals surface area contributed by atoms with E-state index in [1.807, 2.05) is 6.07 Å². The van der Waals surface area contributed by atoms with Gasteiger partial charge in [-0.1, -0.05) is 24.3 Å². The fourth-order valence-corrected chi connectivity index (χ4v) is 1.72. The van der Waals surface area contributed by atoms with E-state index < -0.39 is 11.7 Å². The largest absolute Gasteiger partial charge is 0.488 e. The first-order chi connectivity index (χ1) is 9.50. The lowest BCUT2D eigenvalue weighted by Gasteiger charge is -2.13. The Hall–Kier alpha value is -2.48. The van der Waals surface area contributed by atoms with Crippen molar-refractivity contribution in [3.8, 4) is 11.8 Å². The Kier molecular flexibility index (Phi) is 3.94. The number of hydrogen-bond donors (Lipinski definition) is 0. The predicted molar refractivity (Wildman–Crippen MR) is 66.9 cm³/mol. The van der Waals surface area contributed by atoms with Crippen LogP contribution < -0.4 is 4.74 Å². The summed E-state index contributed by atoms with van der Waals surface area (Å²) in [7, 11) is 0. The van der Waals surface area contributed by atoms with E-state index in [1.165, 1.54) is 18.2 Å². The first-order valence-corrected chi connectivity index (χ1v) is 5.79. The van der Waals surface area contributed by atoms with Gasteiger partial charge in [-0.05, 0) is 29.8 Å². The van der Waals surface area contributed by atoms with Gasteiger partial charge in [0.15, 0.2) is 0 Å². The number of nitrogens with zero attached hydrogens (tertiary/aromatic N) is 1. The van der Waals surface area contributed by atoms with Gasteiger partial charge < -0.3 is 4.74 Å². The van der Waals surface area contributed by atoms with E-state index in [0.717, 1.165) is 6.07 Å². The van der Waals surface area contributed by atoms with Gasteiger partial charge in [0.2, 0.25) is 0 Å². The minimum atomic E-state index is -4.45. The quantitative estimate of drug-likeness (QED) is 0.844. The van der Waals surface area contributed by atoms with Crippen LogP contribution in [0.15, 0.2) is 48.5 Å². The molecule has 0 aliphatic carbocycles. The molecule has 0 aliphatic heterocycles. The third-order valence-electron chi connectivity index (χ3n) is 2.64. The lowest BCUT2D eigenvalue weighted by molar-refractivity contribution is -0.139. The molecule has 5 heteroatoms. The van der Waals surface area contributed by atoms with Crippen molar-refractivity contribution in [3.05, 3.63) is 65.2 Å². The van der Waals surface area contributed by atoms with E-state index in [4.69, 9.17) is 10.00 Å².